The summed E-state index contributed by atoms with van der Waals surface area (Å²) >= 11 is 0. The van der Waals surface area contributed by atoms with Crippen molar-refractivity contribution in [1.29, 1.82) is 0 Å². The van der Waals surface area contributed by atoms with Crippen molar-refractivity contribution in [3.63, 3.8) is 0 Å². The lowest BCUT2D eigenvalue weighted by Gasteiger charge is -2.33. The summed E-state index contributed by atoms with van der Waals surface area (Å²) in [6, 6.07) is 79.0. The second-order valence-corrected chi connectivity index (χ2v) is 16.8. The van der Waals surface area contributed by atoms with Crippen LogP contribution < -0.4 is 0 Å². The molecule has 3 heteroatoms. The highest BCUT2D eigenvalue weighted by molar-refractivity contribution is 6.02. The summed E-state index contributed by atoms with van der Waals surface area (Å²) in [4.78, 5) is 15.5. The maximum Gasteiger partial charge on any atom is 0.160 e. The van der Waals surface area contributed by atoms with Crippen molar-refractivity contribution < 1.29 is 0 Å². The maximum atomic E-state index is 5.25. The van der Waals surface area contributed by atoms with E-state index in [-0.39, 0.29) is 5.41 Å². The normalized spacial score (nSPS) is 11.9. The quantitative estimate of drug-likeness (QED) is 0.0807. The highest BCUT2D eigenvalue weighted by Gasteiger charge is 2.31. The van der Waals surface area contributed by atoms with Crippen LogP contribution in [0, 0.1) is 0 Å². The molecule has 0 unspecified atom stereocenters. The van der Waals surface area contributed by atoms with Crippen LogP contribution in [-0.4, -0.2) is 15.7 Å². The second kappa shape index (κ2) is 19.8. The molecule has 0 amide bonds. The van der Waals surface area contributed by atoms with Crippen molar-refractivity contribution in [3.8, 4) is 56.2 Å². The average molecular weight is 852 g/mol. The molecule has 0 N–H and O–H groups in total. The summed E-state index contributed by atoms with van der Waals surface area (Å²) in [6.45, 7) is 11.2. The lowest BCUT2D eigenvalue weighted by molar-refractivity contribution is 0.478. The first kappa shape index (κ1) is 43.3. The lowest BCUT2D eigenvalue weighted by Crippen LogP contribution is -2.26. The number of aliphatic imine (C=N–C) groups is 1. The summed E-state index contributed by atoms with van der Waals surface area (Å²) < 4.78 is 0. The highest BCUT2D eigenvalue weighted by Crippen LogP contribution is 2.41. The van der Waals surface area contributed by atoms with E-state index in [0.717, 1.165) is 74.6 Å². The van der Waals surface area contributed by atoms with Gasteiger partial charge in [0.25, 0.3) is 0 Å². The monoisotopic (exact) mass is 851 g/mol. The number of nitrogens with zero attached hydrogens (tertiary/aromatic N) is 3. The molecule has 66 heavy (non-hydrogen) atoms. The summed E-state index contributed by atoms with van der Waals surface area (Å²) in [6.07, 6.45) is 4.01. The summed E-state index contributed by atoms with van der Waals surface area (Å²) in [7, 11) is 0. The Morgan fingerprint density at radius 1 is 0.439 bits per heavy atom. The minimum absolute atomic E-state index is 0.194. The standard InChI is InChI=1S/C63H53N3/c1-5-63(6-2,57-39-35-54(36-40-57)59(64-46(4)48-19-11-7-12-20-48)43-45(3)47-27-29-51(30-28-47)49-21-13-8-14-22-49)58-41-37-55(38-42-58)61-44-60(65-62(66-61)56-25-17-10-18-26-56)53-33-31-52(32-34-53)50-23-15-9-16-24-50/h7-44H,3,5-6H2,1-2,4H3/b59-43-,64-46?. The fourth-order valence-corrected chi connectivity index (χ4v) is 8.94. The molecule has 0 aliphatic carbocycles. The van der Waals surface area contributed by atoms with Crippen molar-refractivity contribution in [1.82, 2.24) is 9.97 Å². The van der Waals surface area contributed by atoms with Gasteiger partial charge in [0, 0.05) is 33.4 Å². The van der Waals surface area contributed by atoms with Crippen molar-refractivity contribution in [2.75, 3.05) is 0 Å². The molecule has 0 spiro atoms. The molecular weight excluding hydrogens is 799 g/mol. The third kappa shape index (κ3) is 9.43. The molecule has 0 radical (unpaired) electrons. The summed E-state index contributed by atoms with van der Waals surface area (Å²) in [5.74, 6) is 0.706. The van der Waals surface area contributed by atoms with Crippen LogP contribution in [0.5, 0.6) is 0 Å². The molecule has 0 saturated heterocycles. The van der Waals surface area contributed by atoms with Gasteiger partial charge in [-0.05, 0) is 82.0 Å². The average Bonchev–Trinajstić information content (AvgIpc) is 3.40. The molecule has 0 bridgehead atoms. The molecule has 0 saturated carbocycles. The Kier molecular flexibility index (Phi) is 13.0. The van der Waals surface area contributed by atoms with E-state index in [4.69, 9.17) is 15.0 Å². The minimum Gasteiger partial charge on any atom is -0.252 e. The predicted octanol–water partition coefficient (Wildman–Crippen LogP) is 16.5. The number of allylic oxidation sites excluding steroid dienone is 2. The van der Waals surface area contributed by atoms with E-state index in [1.54, 1.807) is 0 Å². The molecule has 1 aromatic heterocycles. The molecule has 0 atom stereocenters. The Morgan fingerprint density at radius 2 is 0.818 bits per heavy atom. The predicted molar refractivity (Wildman–Crippen MR) is 279 cm³/mol. The van der Waals surface area contributed by atoms with Crippen LogP contribution in [0.3, 0.4) is 0 Å². The van der Waals surface area contributed by atoms with E-state index in [1.807, 2.05) is 36.4 Å². The molecule has 1 heterocycles. The van der Waals surface area contributed by atoms with Gasteiger partial charge in [0.15, 0.2) is 5.82 Å². The van der Waals surface area contributed by atoms with Crippen LogP contribution in [0.2, 0.25) is 0 Å². The number of benzene rings is 8. The van der Waals surface area contributed by atoms with Gasteiger partial charge in [-0.25, -0.2) is 9.97 Å². The lowest BCUT2D eigenvalue weighted by atomic mass is 9.70. The van der Waals surface area contributed by atoms with Gasteiger partial charge in [-0.3, -0.25) is 4.99 Å². The molecular formula is C63H53N3. The van der Waals surface area contributed by atoms with Crippen molar-refractivity contribution >= 4 is 17.0 Å². The Morgan fingerprint density at radius 3 is 1.30 bits per heavy atom. The molecule has 0 aliphatic rings. The number of aromatic nitrogens is 2. The van der Waals surface area contributed by atoms with Crippen LogP contribution >= 0.6 is 0 Å². The topological polar surface area (TPSA) is 38.1 Å². The van der Waals surface area contributed by atoms with E-state index in [9.17, 15) is 0 Å². The fraction of sp³-hybridized carbons (Fsp3) is 0.0952. The highest BCUT2D eigenvalue weighted by atomic mass is 14.9. The third-order valence-electron chi connectivity index (χ3n) is 12.9. The summed E-state index contributed by atoms with van der Waals surface area (Å²) in [5.41, 5.74) is 17.9. The zero-order valence-corrected chi connectivity index (χ0v) is 37.9. The van der Waals surface area contributed by atoms with Crippen LogP contribution in [0.1, 0.15) is 61.4 Å². The molecule has 320 valence electrons. The molecule has 0 fully saturated rings. The van der Waals surface area contributed by atoms with E-state index in [2.05, 4.69) is 221 Å². The molecule has 9 rings (SSSR count). The van der Waals surface area contributed by atoms with Crippen molar-refractivity contribution in [2.24, 2.45) is 4.99 Å². The van der Waals surface area contributed by atoms with Crippen molar-refractivity contribution in [3.05, 3.63) is 265 Å². The van der Waals surface area contributed by atoms with Gasteiger partial charge in [0.1, 0.15) is 0 Å². The van der Waals surface area contributed by atoms with Gasteiger partial charge in [-0.2, -0.15) is 0 Å². The van der Waals surface area contributed by atoms with Crippen LogP contribution in [0.25, 0.3) is 67.4 Å². The van der Waals surface area contributed by atoms with Gasteiger partial charge in [-0.1, -0.05) is 239 Å². The number of hydrogen-bond donors (Lipinski definition) is 0. The first-order valence-corrected chi connectivity index (χ1v) is 22.9. The van der Waals surface area contributed by atoms with Gasteiger partial charge >= 0.3 is 0 Å². The molecule has 8 aromatic carbocycles. The smallest absolute Gasteiger partial charge is 0.160 e. The van der Waals surface area contributed by atoms with Gasteiger partial charge in [-0.15, -0.1) is 0 Å². The molecule has 0 aliphatic heterocycles. The zero-order valence-electron chi connectivity index (χ0n) is 37.9. The van der Waals surface area contributed by atoms with E-state index < -0.39 is 0 Å². The number of rotatable bonds is 14. The van der Waals surface area contributed by atoms with E-state index >= 15 is 0 Å². The fourth-order valence-electron chi connectivity index (χ4n) is 8.94. The zero-order chi connectivity index (χ0) is 45.3. The number of hydrogen-bond acceptors (Lipinski definition) is 3. The Bertz CT molecular complexity index is 3090. The first-order chi connectivity index (χ1) is 32.4. The Balaban J connectivity index is 1.03. The first-order valence-electron chi connectivity index (χ1n) is 22.9. The van der Waals surface area contributed by atoms with Gasteiger partial charge in [0.05, 0.1) is 17.1 Å². The minimum atomic E-state index is -0.194. The summed E-state index contributed by atoms with van der Waals surface area (Å²) in [5, 5.41) is 0. The van der Waals surface area contributed by atoms with Crippen molar-refractivity contribution in [2.45, 2.75) is 39.0 Å². The SMILES string of the molecule is C=C(/C=C(\N=C(C)c1ccccc1)c1ccc(C(CC)(CC)c2ccc(-c3cc(-c4ccc(-c5ccccc5)cc4)nc(-c4ccccc4)n3)cc2)cc1)c1ccc(-c2ccccc2)cc1. The largest absolute Gasteiger partial charge is 0.252 e. The van der Waals surface area contributed by atoms with E-state index in [1.165, 1.54) is 33.4 Å². The van der Waals surface area contributed by atoms with Crippen LogP contribution in [-0.2, 0) is 5.41 Å². The second-order valence-electron chi connectivity index (χ2n) is 16.8. The Labute approximate surface area is 390 Å². The Hall–Kier alpha value is -8.01. The maximum absolute atomic E-state index is 5.25. The van der Waals surface area contributed by atoms with E-state index in [0.29, 0.717) is 5.82 Å². The third-order valence-corrected chi connectivity index (χ3v) is 12.9. The van der Waals surface area contributed by atoms with Gasteiger partial charge in [0.2, 0.25) is 0 Å². The molecule has 9 aromatic rings. The molecule has 3 nitrogen and oxygen atoms in total. The van der Waals surface area contributed by atoms with Crippen LogP contribution in [0.15, 0.2) is 242 Å². The van der Waals surface area contributed by atoms with Gasteiger partial charge < -0.3 is 0 Å². The van der Waals surface area contributed by atoms with Crippen LogP contribution in [0.4, 0.5) is 0 Å².